The Bertz CT molecular complexity index is 987. The van der Waals surface area contributed by atoms with E-state index >= 15 is 0 Å². The van der Waals surface area contributed by atoms with Crippen LogP contribution in [0.3, 0.4) is 0 Å². The van der Waals surface area contributed by atoms with E-state index in [9.17, 15) is 5.11 Å². The van der Waals surface area contributed by atoms with Gasteiger partial charge in [0.2, 0.25) is 0 Å². The Kier molecular flexibility index (Phi) is 3.08. The number of hydrogen-bond donors (Lipinski definition) is 2. The maximum Gasteiger partial charge on any atom is 0.471 e. The summed E-state index contributed by atoms with van der Waals surface area (Å²) in [4.78, 5) is 10.1. The molecule has 2 aliphatic heterocycles. The number of H-pyrrole nitrogens is 1. The number of hydrazone groups is 1. The summed E-state index contributed by atoms with van der Waals surface area (Å²) in [5, 5.41) is 17.5. The van der Waals surface area contributed by atoms with E-state index < -0.39 is 5.60 Å². The van der Waals surface area contributed by atoms with E-state index in [1.807, 2.05) is 12.4 Å². The average Bonchev–Trinajstić information content (AvgIpc) is 3.15. The highest BCUT2D eigenvalue weighted by Crippen LogP contribution is 2.59. The second-order valence-electron chi connectivity index (χ2n) is 9.77. The van der Waals surface area contributed by atoms with Crippen molar-refractivity contribution in [3.05, 3.63) is 24.0 Å². The van der Waals surface area contributed by atoms with E-state index in [-0.39, 0.29) is 7.05 Å². The summed E-state index contributed by atoms with van der Waals surface area (Å²) >= 11 is 0. The van der Waals surface area contributed by atoms with Gasteiger partial charge in [-0.15, -0.1) is 0 Å². The predicted molar refractivity (Wildman–Crippen MR) is 107 cm³/mol. The standard InChI is InChI=1S/C21H25BN4O2/c27-21-8-12-6-13(9-21)17(14(7-12)10-21)19-18-15-2-3-23-20(15)24-11-16(18)22-26(25-19)4-1-5-28-22/h2-3,11-14,17,27H,1,4-10H2,(H,23,24). The Morgan fingerprint density at radius 2 is 2.11 bits per heavy atom. The molecule has 4 saturated carbocycles. The molecule has 6 nitrogen and oxygen atoms in total. The molecule has 2 N–H and O–H groups in total. The molecule has 4 heterocycles. The molecule has 0 spiro atoms. The van der Waals surface area contributed by atoms with Crippen LogP contribution in [-0.4, -0.2) is 51.5 Å². The van der Waals surface area contributed by atoms with Crippen LogP contribution in [0.1, 0.15) is 44.1 Å². The number of nitrogens with zero attached hydrogens (tertiary/aromatic N) is 3. The van der Waals surface area contributed by atoms with Gasteiger partial charge in [0.15, 0.2) is 0 Å². The first-order valence-corrected chi connectivity index (χ1v) is 10.8. The number of rotatable bonds is 1. The lowest BCUT2D eigenvalue weighted by Gasteiger charge is -2.58. The largest absolute Gasteiger partial charge is 0.471 e. The summed E-state index contributed by atoms with van der Waals surface area (Å²) in [5.74, 6) is 2.25. The summed E-state index contributed by atoms with van der Waals surface area (Å²) in [6.07, 6.45) is 10.4. The Morgan fingerprint density at radius 3 is 2.93 bits per heavy atom. The number of fused-ring (bicyclic) bond motifs is 5. The number of aromatic nitrogens is 2. The topological polar surface area (TPSA) is 73.7 Å². The predicted octanol–water partition coefficient (Wildman–Crippen LogP) is 1.89. The molecule has 4 aliphatic carbocycles. The zero-order chi connectivity index (χ0) is 18.5. The van der Waals surface area contributed by atoms with Crippen molar-refractivity contribution in [1.29, 1.82) is 0 Å². The van der Waals surface area contributed by atoms with E-state index in [0.29, 0.717) is 23.7 Å². The lowest BCUT2D eigenvalue weighted by molar-refractivity contribution is -0.138. The number of aromatic amines is 1. The molecule has 6 aliphatic rings. The minimum Gasteiger partial charge on any atom is -0.412 e. The Balaban J connectivity index is 1.41. The van der Waals surface area contributed by atoms with E-state index in [1.54, 1.807) is 0 Å². The van der Waals surface area contributed by atoms with Crippen molar-refractivity contribution in [1.82, 2.24) is 14.9 Å². The van der Waals surface area contributed by atoms with Crippen LogP contribution >= 0.6 is 0 Å². The third-order valence-electron chi connectivity index (χ3n) is 8.01. The molecule has 7 heteroatoms. The van der Waals surface area contributed by atoms with Crippen molar-refractivity contribution in [2.45, 2.75) is 44.1 Å². The van der Waals surface area contributed by atoms with Gasteiger partial charge in [-0.2, -0.15) is 5.10 Å². The maximum absolute atomic E-state index is 11.1. The highest BCUT2D eigenvalue weighted by molar-refractivity contribution is 6.67. The Labute approximate surface area is 164 Å². The van der Waals surface area contributed by atoms with Gasteiger partial charge in [0.05, 0.1) is 11.3 Å². The zero-order valence-corrected chi connectivity index (χ0v) is 16.0. The first kappa shape index (κ1) is 16.0. The van der Waals surface area contributed by atoms with Crippen molar-refractivity contribution in [2.75, 3.05) is 13.2 Å². The third-order valence-corrected chi connectivity index (χ3v) is 8.01. The molecule has 2 aromatic rings. The van der Waals surface area contributed by atoms with Gasteiger partial charge in [-0.25, -0.2) is 4.98 Å². The van der Waals surface area contributed by atoms with Crippen molar-refractivity contribution < 1.29 is 9.76 Å². The fourth-order valence-corrected chi connectivity index (χ4v) is 7.32. The molecule has 1 saturated heterocycles. The van der Waals surface area contributed by atoms with Crippen LogP contribution in [-0.2, 0) is 4.65 Å². The molecule has 2 aromatic heterocycles. The first-order chi connectivity index (χ1) is 13.7. The molecular weight excluding hydrogens is 351 g/mol. The summed E-state index contributed by atoms with van der Waals surface area (Å²) < 4.78 is 6.13. The quantitative estimate of drug-likeness (QED) is 0.746. The van der Waals surface area contributed by atoms with Gasteiger partial charge in [0.25, 0.3) is 0 Å². The van der Waals surface area contributed by atoms with Gasteiger partial charge in [-0.3, -0.25) is 0 Å². The second kappa shape index (κ2) is 5.39. The Morgan fingerprint density at radius 1 is 1.25 bits per heavy atom. The van der Waals surface area contributed by atoms with E-state index in [1.165, 1.54) is 29.6 Å². The second-order valence-corrected chi connectivity index (χ2v) is 9.77. The Hall–Kier alpha value is -1.86. The molecule has 8 rings (SSSR count). The van der Waals surface area contributed by atoms with Crippen LogP contribution in [0.4, 0.5) is 0 Å². The van der Waals surface area contributed by atoms with Crippen molar-refractivity contribution in [2.24, 2.45) is 28.8 Å². The fourth-order valence-electron chi connectivity index (χ4n) is 7.32. The van der Waals surface area contributed by atoms with Crippen LogP contribution in [0.5, 0.6) is 0 Å². The molecule has 144 valence electrons. The van der Waals surface area contributed by atoms with Gasteiger partial charge in [0.1, 0.15) is 5.65 Å². The number of pyridine rings is 1. The normalized spacial score (nSPS) is 38.5. The molecule has 5 fully saturated rings. The van der Waals surface area contributed by atoms with E-state index in [0.717, 1.165) is 49.9 Å². The first-order valence-electron chi connectivity index (χ1n) is 10.8. The van der Waals surface area contributed by atoms with E-state index in [2.05, 4.69) is 21.0 Å². The van der Waals surface area contributed by atoms with Crippen LogP contribution in [0.15, 0.2) is 23.6 Å². The maximum atomic E-state index is 11.1. The molecule has 0 amide bonds. The smallest absolute Gasteiger partial charge is 0.412 e. The van der Waals surface area contributed by atoms with Crippen molar-refractivity contribution in [3.8, 4) is 0 Å². The van der Waals surface area contributed by atoms with Crippen molar-refractivity contribution >= 4 is 29.3 Å². The molecule has 2 atom stereocenters. The molecule has 0 radical (unpaired) electrons. The van der Waals surface area contributed by atoms with Gasteiger partial charge in [0, 0.05) is 47.9 Å². The zero-order valence-electron chi connectivity index (χ0n) is 16.0. The summed E-state index contributed by atoms with van der Waals surface area (Å²) in [5.41, 5.74) is 4.17. The van der Waals surface area contributed by atoms with Crippen LogP contribution in [0.25, 0.3) is 11.0 Å². The lowest BCUT2D eigenvalue weighted by atomic mass is 9.48. The summed E-state index contributed by atoms with van der Waals surface area (Å²) in [6, 6.07) is 2.14. The third kappa shape index (κ3) is 2.06. The van der Waals surface area contributed by atoms with Crippen LogP contribution in [0.2, 0.25) is 0 Å². The summed E-state index contributed by atoms with van der Waals surface area (Å²) in [7, 11) is -0.111. The minimum atomic E-state index is -0.413. The van der Waals surface area contributed by atoms with Gasteiger partial charge >= 0.3 is 7.05 Å². The molecule has 4 bridgehead atoms. The van der Waals surface area contributed by atoms with E-state index in [4.69, 9.17) is 9.76 Å². The SMILES string of the molecule is OC12CC3CC(C1)C(C1=NN4CCCOB4c4cnc5[nH]ccc5c41)C(C3)C2. The molecule has 28 heavy (non-hydrogen) atoms. The van der Waals surface area contributed by atoms with Crippen molar-refractivity contribution in [3.63, 3.8) is 0 Å². The lowest BCUT2D eigenvalue weighted by Crippen LogP contribution is -2.61. The fraction of sp³-hybridized carbons (Fsp3) is 0.619. The number of aliphatic hydroxyl groups is 1. The highest BCUT2D eigenvalue weighted by Gasteiger charge is 2.57. The molecular formula is C21H25BN4O2. The minimum absolute atomic E-state index is 0.111. The van der Waals surface area contributed by atoms with Crippen LogP contribution in [0, 0.1) is 23.7 Å². The number of nitrogens with one attached hydrogen (secondary N) is 1. The number of hydrogen-bond acceptors (Lipinski definition) is 5. The highest BCUT2D eigenvalue weighted by atomic mass is 16.4. The molecule has 2 unspecified atom stereocenters. The average molecular weight is 376 g/mol. The van der Waals surface area contributed by atoms with Gasteiger partial charge < -0.3 is 19.7 Å². The van der Waals surface area contributed by atoms with Gasteiger partial charge in [-0.1, -0.05) is 0 Å². The van der Waals surface area contributed by atoms with Gasteiger partial charge in [-0.05, 0) is 62.3 Å². The monoisotopic (exact) mass is 376 g/mol. The molecule has 0 aromatic carbocycles. The van der Waals surface area contributed by atoms with Crippen LogP contribution < -0.4 is 5.46 Å². The summed E-state index contributed by atoms with van der Waals surface area (Å²) in [6.45, 7) is 1.72.